The fraction of sp³-hybridized carbons (Fsp3) is 0.812. The second kappa shape index (κ2) is 8.14. The van der Waals surface area contributed by atoms with E-state index in [1.807, 2.05) is 41.5 Å². The van der Waals surface area contributed by atoms with Crippen molar-refractivity contribution in [3.8, 4) is 6.07 Å². The van der Waals surface area contributed by atoms with Gasteiger partial charge in [0.2, 0.25) is 11.8 Å². The molecule has 22 heavy (non-hydrogen) atoms. The minimum atomic E-state index is -0.899. The fourth-order valence-electron chi connectivity index (χ4n) is 1.77. The molecule has 0 saturated heterocycles. The number of nitrogens with zero attached hydrogens (tertiary/aromatic N) is 2. The van der Waals surface area contributed by atoms with E-state index in [1.165, 1.54) is 0 Å². The SMILES string of the molecule is CCN(CC(=O)NC(C)(C)C)CC(=O)N[C@](C)(C#N)C(C)C. The molecule has 0 aliphatic heterocycles. The van der Waals surface area contributed by atoms with Gasteiger partial charge in [-0.3, -0.25) is 14.5 Å². The van der Waals surface area contributed by atoms with Crippen molar-refractivity contribution in [1.29, 1.82) is 5.26 Å². The molecule has 0 aromatic heterocycles. The first-order chi connectivity index (χ1) is 9.93. The summed E-state index contributed by atoms with van der Waals surface area (Å²) in [5.41, 5.74) is -1.19. The quantitative estimate of drug-likeness (QED) is 0.742. The average molecular weight is 310 g/mol. The topological polar surface area (TPSA) is 85.2 Å². The lowest BCUT2D eigenvalue weighted by atomic mass is 9.90. The third kappa shape index (κ3) is 7.41. The highest BCUT2D eigenvalue weighted by atomic mass is 16.2. The van der Waals surface area contributed by atoms with Crippen LogP contribution in [0.3, 0.4) is 0 Å². The van der Waals surface area contributed by atoms with Crippen LogP contribution in [0.5, 0.6) is 0 Å². The number of likely N-dealkylation sites (N-methyl/N-ethyl adjacent to an activating group) is 1. The Labute approximate surface area is 134 Å². The van der Waals surface area contributed by atoms with Crippen LogP contribution in [0.4, 0.5) is 0 Å². The van der Waals surface area contributed by atoms with Gasteiger partial charge >= 0.3 is 0 Å². The molecule has 0 heterocycles. The van der Waals surface area contributed by atoms with E-state index < -0.39 is 5.54 Å². The van der Waals surface area contributed by atoms with Crippen molar-refractivity contribution >= 4 is 11.8 Å². The highest BCUT2D eigenvalue weighted by molar-refractivity contribution is 5.82. The second-order valence-electron chi connectivity index (χ2n) is 7.12. The minimum Gasteiger partial charge on any atom is -0.350 e. The number of amides is 2. The molecule has 0 aliphatic rings. The maximum absolute atomic E-state index is 12.1. The first-order valence-corrected chi connectivity index (χ1v) is 7.69. The van der Waals surface area contributed by atoms with Gasteiger partial charge in [0.05, 0.1) is 19.2 Å². The Morgan fingerprint density at radius 3 is 1.86 bits per heavy atom. The molecule has 0 bridgehead atoms. The summed E-state index contributed by atoms with van der Waals surface area (Å²) in [7, 11) is 0. The maximum Gasteiger partial charge on any atom is 0.235 e. The van der Waals surface area contributed by atoms with Crippen LogP contribution in [-0.4, -0.2) is 47.4 Å². The molecule has 0 fully saturated rings. The van der Waals surface area contributed by atoms with Gasteiger partial charge in [-0.15, -0.1) is 0 Å². The molecular weight excluding hydrogens is 280 g/mol. The van der Waals surface area contributed by atoms with Gasteiger partial charge in [0.15, 0.2) is 0 Å². The van der Waals surface area contributed by atoms with E-state index in [9.17, 15) is 14.9 Å². The van der Waals surface area contributed by atoms with Gasteiger partial charge in [-0.2, -0.15) is 5.26 Å². The van der Waals surface area contributed by atoms with Gasteiger partial charge in [0.1, 0.15) is 5.54 Å². The Morgan fingerprint density at radius 2 is 1.55 bits per heavy atom. The van der Waals surface area contributed by atoms with Gasteiger partial charge in [0, 0.05) is 5.54 Å². The fourth-order valence-corrected chi connectivity index (χ4v) is 1.77. The molecular formula is C16H30N4O2. The molecule has 6 heteroatoms. The smallest absolute Gasteiger partial charge is 0.235 e. The molecule has 0 radical (unpaired) electrons. The van der Waals surface area contributed by atoms with E-state index in [2.05, 4.69) is 16.7 Å². The van der Waals surface area contributed by atoms with Crippen molar-refractivity contribution in [2.75, 3.05) is 19.6 Å². The number of carbonyl (C=O) groups is 2. The number of rotatable bonds is 7. The highest BCUT2D eigenvalue weighted by Gasteiger charge is 2.30. The largest absolute Gasteiger partial charge is 0.350 e. The monoisotopic (exact) mass is 310 g/mol. The third-order valence-corrected chi connectivity index (χ3v) is 3.48. The van der Waals surface area contributed by atoms with Crippen molar-refractivity contribution in [3.63, 3.8) is 0 Å². The molecule has 0 aromatic rings. The summed E-state index contributed by atoms with van der Waals surface area (Å²) >= 11 is 0. The molecule has 126 valence electrons. The molecule has 0 aromatic carbocycles. The molecule has 6 nitrogen and oxygen atoms in total. The number of nitrogens with one attached hydrogen (secondary N) is 2. The Hall–Kier alpha value is -1.61. The standard InChI is InChI=1S/C16H30N4O2/c1-8-20(9-13(21)18-15(4,5)6)10-14(22)19-16(7,11-17)12(2)3/h12H,8-10H2,1-7H3,(H,18,21)(H,19,22)/t16-/m1/s1. The minimum absolute atomic E-state index is 0.000663. The Balaban J connectivity index is 4.60. The lowest BCUT2D eigenvalue weighted by Gasteiger charge is -2.29. The van der Waals surface area contributed by atoms with Crippen molar-refractivity contribution in [2.24, 2.45) is 5.92 Å². The zero-order valence-electron chi connectivity index (χ0n) is 14.9. The van der Waals surface area contributed by atoms with Crippen molar-refractivity contribution < 1.29 is 9.59 Å². The van der Waals surface area contributed by atoms with Crippen molar-refractivity contribution in [3.05, 3.63) is 0 Å². The van der Waals surface area contributed by atoms with E-state index >= 15 is 0 Å². The number of hydrogen-bond donors (Lipinski definition) is 2. The zero-order chi connectivity index (χ0) is 17.6. The molecule has 2 N–H and O–H groups in total. The Kier molecular flexibility index (Phi) is 7.54. The molecule has 0 spiro atoms. The molecule has 0 saturated carbocycles. The average Bonchev–Trinajstić information content (AvgIpc) is 2.34. The van der Waals surface area contributed by atoms with Crippen LogP contribution in [0, 0.1) is 17.2 Å². The van der Waals surface area contributed by atoms with Crippen LogP contribution in [0.1, 0.15) is 48.5 Å². The number of carbonyl (C=O) groups excluding carboxylic acids is 2. The Morgan fingerprint density at radius 1 is 1.09 bits per heavy atom. The van der Waals surface area contributed by atoms with E-state index in [-0.39, 0.29) is 36.4 Å². The predicted octanol–water partition coefficient (Wildman–Crippen LogP) is 1.28. The van der Waals surface area contributed by atoms with Crippen LogP contribution in [-0.2, 0) is 9.59 Å². The Bertz CT molecular complexity index is 434. The van der Waals surface area contributed by atoms with Crippen LogP contribution in [0.2, 0.25) is 0 Å². The van der Waals surface area contributed by atoms with Gasteiger partial charge in [-0.25, -0.2) is 0 Å². The van der Waals surface area contributed by atoms with Gasteiger partial charge < -0.3 is 10.6 Å². The van der Waals surface area contributed by atoms with Crippen LogP contribution < -0.4 is 10.6 Å². The van der Waals surface area contributed by atoms with Gasteiger partial charge in [0.25, 0.3) is 0 Å². The van der Waals surface area contributed by atoms with E-state index in [4.69, 9.17) is 0 Å². The summed E-state index contributed by atoms with van der Waals surface area (Å²) in [4.78, 5) is 25.8. The van der Waals surface area contributed by atoms with Gasteiger partial charge in [-0.1, -0.05) is 20.8 Å². The van der Waals surface area contributed by atoms with Gasteiger partial charge in [-0.05, 0) is 40.2 Å². The van der Waals surface area contributed by atoms with Crippen LogP contribution in [0.25, 0.3) is 0 Å². The summed E-state index contributed by atoms with van der Waals surface area (Å²) in [5.74, 6) is -0.363. The lowest BCUT2D eigenvalue weighted by molar-refractivity contribution is -0.126. The lowest BCUT2D eigenvalue weighted by Crippen LogP contribution is -2.53. The normalized spacial score (nSPS) is 14.4. The molecule has 1 atom stereocenters. The number of hydrogen-bond acceptors (Lipinski definition) is 4. The van der Waals surface area contributed by atoms with E-state index in [0.29, 0.717) is 6.54 Å². The van der Waals surface area contributed by atoms with Crippen LogP contribution >= 0.6 is 0 Å². The van der Waals surface area contributed by atoms with Crippen molar-refractivity contribution in [1.82, 2.24) is 15.5 Å². The molecule has 0 unspecified atom stereocenters. The summed E-state index contributed by atoms with van der Waals surface area (Å²) in [6.07, 6.45) is 0. The summed E-state index contributed by atoms with van der Waals surface area (Å²) < 4.78 is 0. The summed E-state index contributed by atoms with van der Waals surface area (Å²) in [5, 5.41) is 14.9. The second-order valence-corrected chi connectivity index (χ2v) is 7.12. The molecule has 0 aliphatic carbocycles. The maximum atomic E-state index is 12.1. The highest BCUT2D eigenvalue weighted by Crippen LogP contribution is 2.14. The van der Waals surface area contributed by atoms with E-state index in [1.54, 1.807) is 11.8 Å². The first kappa shape index (κ1) is 20.4. The predicted molar refractivity (Wildman–Crippen MR) is 87.0 cm³/mol. The van der Waals surface area contributed by atoms with E-state index in [0.717, 1.165) is 0 Å². The third-order valence-electron chi connectivity index (χ3n) is 3.48. The first-order valence-electron chi connectivity index (χ1n) is 7.69. The van der Waals surface area contributed by atoms with Crippen LogP contribution in [0.15, 0.2) is 0 Å². The summed E-state index contributed by atoms with van der Waals surface area (Å²) in [6, 6.07) is 2.14. The summed E-state index contributed by atoms with van der Waals surface area (Å²) in [6.45, 7) is 13.9. The molecule has 2 amide bonds. The number of nitriles is 1. The van der Waals surface area contributed by atoms with Crippen molar-refractivity contribution in [2.45, 2.75) is 59.5 Å². The zero-order valence-corrected chi connectivity index (χ0v) is 14.9. The molecule has 0 rings (SSSR count).